The molecule has 0 unspecified atom stereocenters. The van der Waals surface area contributed by atoms with Gasteiger partial charge in [-0.3, -0.25) is 9.59 Å². The number of ether oxygens (including phenoxy) is 2. The number of aromatic nitrogens is 1. The standard InChI is InChI=1S/C25H31N3O4/c1-17(2)28(20-8-5-4-6-9-20)25(30)18-11-12-19(22(14-18)31-3)15-27-21-10-7-13-26-24(21)32-16-23(27)29/h7,10-14,17,20H,4-6,8-9,15-16H2,1-3H3. The van der Waals surface area contributed by atoms with E-state index in [2.05, 4.69) is 18.8 Å². The molecule has 2 amide bonds. The molecule has 1 aliphatic heterocycles. The van der Waals surface area contributed by atoms with Crippen molar-refractivity contribution < 1.29 is 19.1 Å². The van der Waals surface area contributed by atoms with Gasteiger partial charge in [0.1, 0.15) is 11.4 Å². The lowest BCUT2D eigenvalue weighted by molar-refractivity contribution is -0.121. The molecule has 1 fully saturated rings. The first kappa shape index (κ1) is 22.1. The van der Waals surface area contributed by atoms with Gasteiger partial charge in [0, 0.05) is 29.4 Å². The number of pyridine rings is 1. The molecule has 0 N–H and O–H groups in total. The normalized spacial score (nSPS) is 16.5. The van der Waals surface area contributed by atoms with Crippen molar-refractivity contribution in [1.29, 1.82) is 0 Å². The van der Waals surface area contributed by atoms with Crippen molar-refractivity contribution in [3.63, 3.8) is 0 Å². The van der Waals surface area contributed by atoms with E-state index < -0.39 is 0 Å². The van der Waals surface area contributed by atoms with E-state index in [4.69, 9.17) is 9.47 Å². The number of carbonyl (C=O) groups is 2. The van der Waals surface area contributed by atoms with Gasteiger partial charge in [0.2, 0.25) is 5.88 Å². The highest BCUT2D eigenvalue weighted by Crippen LogP contribution is 2.33. The summed E-state index contributed by atoms with van der Waals surface area (Å²) in [5.41, 5.74) is 2.07. The van der Waals surface area contributed by atoms with Crippen molar-refractivity contribution in [2.45, 2.75) is 64.6 Å². The molecular weight excluding hydrogens is 406 g/mol. The van der Waals surface area contributed by atoms with Crippen molar-refractivity contribution in [2.75, 3.05) is 18.6 Å². The van der Waals surface area contributed by atoms with Crippen molar-refractivity contribution in [2.24, 2.45) is 0 Å². The third kappa shape index (κ3) is 4.42. The highest BCUT2D eigenvalue weighted by molar-refractivity contribution is 5.97. The van der Waals surface area contributed by atoms with Crippen LogP contribution in [0.1, 0.15) is 61.9 Å². The molecule has 0 bridgehead atoms. The van der Waals surface area contributed by atoms with Crippen molar-refractivity contribution >= 4 is 17.5 Å². The second kappa shape index (κ2) is 9.59. The Kier molecular flexibility index (Phi) is 6.63. The number of benzene rings is 1. The number of anilines is 1. The van der Waals surface area contributed by atoms with Crippen LogP contribution in [0.25, 0.3) is 0 Å². The van der Waals surface area contributed by atoms with E-state index >= 15 is 0 Å². The predicted molar refractivity (Wildman–Crippen MR) is 122 cm³/mol. The van der Waals surface area contributed by atoms with Gasteiger partial charge >= 0.3 is 0 Å². The fourth-order valence-electron chi connectivity index (χ4n) is 4.72. The maximum absolute atomic E-state index is 13.5. The van der Waals surface area contributed by atoms with E-state index in [0.717, 1.165) is 18.4 Å². The van der Waals surface area contributed by atoms with Crippen LogP contribution in [-0.2, 0) is 11.3 Å². The van der Waals surface area contributed by atoms with Crippen molar-refractivity contribution in [1.82, 2.24) is 9.88 Å². The molecule has 7 nitrogen and oxygen atoms in total. The van der Waals surface area contributed by atoms with Gasteiger partial charge in [0.25, 0.3) is 11.8 Å². The molecule has 7 heteroatoms. The van der Waals surface area contributed by atoms with Crippen LogP contribution < -0.4 is 14.4 Å². The van der Waals surface area contributed by atoms with Crippen LogP contribution in [0, 0.1) is 0 Å². The highest BCUT2D eigenvalue weighted by atomic mass is 16.5. The number of methoxy groups -OCH3 is 1. The van der Waals surface area contributed by atoms with Gasteiger partial charge in [-0.25, -0.2) is 4.98 Å². The Hall–Kier alpha value is -3.09. The van der Waals surface area contributed by atoms with Gasteiger partial charge in [0.05, 0.1) is 13.7 Å². The summed E-state index contributed by atoms with van der Waals surface area (Å²) in [6.07, 6.45) is 7.36. The van der Waals surface area contributed by atoms with Gasteiger partial charge in [-0.15, -0.1) is 0 Å². The van der Waals surface area contributed by atoms with E-state index in [1.165, 1.54) is 19.3 Å². The summed E-state index contributed by atoms with van der Waals surface area (Å²) < 4.78 is 11.1. The average molecular weight is 438 g/mol. The maximum atomic E-state index is 13.5. The minimum Gasteiger partial charge on any atom is -0.496 e. The largest absolute Gasteiger partial charge is 0.496 e. The summed E-state index contributed by atoms with van der Waals surface area (Å²) in [7, 11) is 1.59. The smallest absolute Gasteiger partial charge is 0.265 e. The number of amides is 2. The number of hydrogen-bond acceptors (Lipinski definition) is 5. The van der Waals surface area contributed by atoms with Crippen molar-refractivity contribution in [3.8, 4) is 11.6 Å². The first-order valence-electron chi connectivity index (χ1n) is 11.4. The molecule has 1 aromatic heterocycles. The minimum atomic E-state index is -0.143. The van der Waals surface area contributed by atoms with Gasteiger partial charge in [-0.2, -0.15) is 0 Å². The molecule has 0 radical (unpaired) electrons. The number of hydrogen-bond donors (Lipinski definition) is 0. The Bertz CT molecular complexity index is 985. The lowest BCUT2D eigenvalue weighted by atomic mass is 9.92. The topological polar surface area (TPSA) is 72.0 Å². The van der Waals surface area contributed by atoms with E-state index in [9.17, 15) is 9.59 Å². The van der Waals surface area contributed by atoms with E-state index in [1.54, 1.807) is 30.3 Å². The minimum absolute atomic E-state index is 0.0359. The van der Waals surface area contributed by atoms with Gasteiger partial charge < -0.3 is 19.3 Å². The third-order valence-electron chi connectivity index (χ3n) is 6.30. The molecule has 32 heavy (non-hydrogen) atoms. The second-order valence-electron chi connectivity index (χ2n) is 8.72. The summed E-state index contributed by atoms with van der Waals surface area (Å²) in [4.78, 5) is 33.9. The summed E-state index contributed by atoms with van der Waals surface area (Å²) in [6, 6.07) is 9.53. The number of carbonyl (C=O) groups excluding carboxylic acids is 2. The van der Waals surface area contributed by atoms with E-state index in [1.807, 2.05) is 23.1 Å². The Balaban J connectivity index is 1.59. The van der Waals surface area contributed by atoms with Gasteiger partial charge in [-0.1, -0.05) is 25.3 Å². The Morgan fingerprint density at radius 2 is 2.03 bits per heavy atom. The number of nitrogens with zero attached hydrogens (tertiary/aromatic N) is 3. The molecule has 1 aromatic carbocycles. The molecule has 170 valence electrons. The Morgan fingerprint density at radius 1 is 1.25 bits per heavy atom. The molecule has 0 spiro atoms. The van der Waals surface area contributed by atoms with Crippen molar-refractivity contribution in [3.05, 3.63) is 47.7 Å². The molecule has 0 saturated heterocycles. The lowest BCUT2D eigenvalue weighted by Crippen LogP contribution is -2.45. The fourth-order valence-corrected chi connectivity index (χ4v) is 4.72. The number of fused-ring (bicyclic) bond motifs is 1. The summed E-state index contributed by atoms with van der Waals surface area (Å²) in [5.74, 6) is 0.926. The first-order chi connectivity index (χ1) is 15.5. The molecule has 0 atom stereocenters. The second-order valence-corrected chi connectivity index (χ2v) is 8.72. The predicted octanol–water partition coefficient (Wildman–Crippen LogP) is 4.20. The van der Waals surface area contributed by atoms with Crippen LogP contribution in [-0.4, -0.2) is 47.5 Å². The van der Waals surface area contributed by atoms with Crippen LogP contribution in [0.3, 0.4) is 0 Å². The molecule has 2 aliphatic rings. The summed E-state index contributed by atoms with van der Waals surface area (Å²) >= 11 is 0. The van der Waals surface area contributed by atoms with Gasteiger partial charge in [-0.05, 0) is 51.0 Å². The quantitative estimate of drug-likeness (QED) is 0.677. The molecule has 2 heterocycles. The highest BCUT2D eigenvalue weighted by Gasteiger charge is 2.30. The fraction of sp³-hybridized carbons (Fsp3) is 0.480. The van der Waals surface area contributed by atoms with Crippen LogP contribution in [0.15, 0.2) is 36.5 Å². The zero-order chi connectivity index (χ0) is 22.7. The Morgan fingerprint density at radius 3 is 2.75 bits per heavy atom. The van der Waals surface area contributed by atoms with Crippen LogP contribution in [0.4, 0.5) is 5.69 Å². The zero-order valence-electron chi connectivity index (χ0n) is 19.0. The molecule has 1 aliphatic carbocycles. The molecular formula is C25H31N3O4. The third-order valence-corrected chi connectivity index (χ3v) is 6.30. The van der Waals surface area contributed by atoms with Crippen LogP contribution in [0.2, 0.25) is 0 Å². The Labute approximate surface area is 189 Å². The van der Waals surface area contributed by atoms with Crippen LogP contribution >= 0.6 is 0 Å². The molecule has 1 saturated carbocycles. The summed E-state index contributed by atoms with van der Waals surface area (Å²) in [5, 5.41) is 0. The molecule has 4 rings (SSSR count). The zero-order valence-corrected chi connectivity index (χ0v) is 19.0. The number of rotatable bonds is 6. The molecule has 2 aromatic rings. The SMILES string of the molecule is COc1cc(C(=O)N(C(C)C)C2CCCCC2)ccc1CN1C(=O)COc2ncccc21. The van der Waals surface area contributed by atoms with E-state index in [-0.39, 0.29) is 30.5 Å². The first-order valence-corrected chi connectivity index (χ1v) is 11.4. The average Bonchev–Trinajstić information content (AvgIpc) is 2.81. The van der Waals surface area contributed by atoms with Gasteiger partial charge in [0.15, 0.2) is 6.61 Å². The lowest BCUT2D eigenvalue weighted by Gasteiger charge is -2.37. The monoisotopic (exact) mass is 437 g/mol. The van der Waals surface area contributed by atoms with E-state index in [0.29, 0.717) is 29.4 Å². The summed E-state index contributed by atoms with van der Waals surface area (Å²) in [6.45, 7) is 4.42. The van der Waals surface area contributed by atoms with Crippen LogP contribution in [0.5, 0.6) is 11.6 Å². The maximum Gasteiger partial charge on any atom is 0.265 e.